The molecule has 9 nitrogen and oxygen atoms in total. The van der Waals surface area contributed by atoms with Crippen LogP contribution in [-0.4, -0.2) is 60.7 Å². The highest BCUT2D eigenvalue weighted by molar-refractivity contribution is 7.89. The lowest BCUT2D eigenvalue weighted by atomic mass is 10.2. The molecule has 1 fully saturated rings. The van der Waals surface area contributed by atoms with Crippen LogP contribution in [0, 0.1) is 10.1 Å². The van der Waals surface area contributed by atoms with Crippen LogP contribution in [0.4, 0.5) is 11.4 Å². The first-order valence-corrected chi connectivity index (χ1v) is 11.5. The molecule has 0 bridgehead atoms. The number of nitro groups is 1. The van der Waals surface area contributed by atoms with Crippen molar-refractivity contribution in [3.05, 3.63) is 62.6 Å². The van der Waals surface area contributed by atoms with Crippen LogP contribution in [0.25, 0.3) is 0 Å². The summed E-state index contributed by atoms with van der Waals surface area (Å²) in [6, 6.07) is 9.54. The number of hydrogen-bond donors (Lipinski definition) is 1. The summed E-state index contributed by atoms with van der Waals surface area (Å²) in [5.41, 5.74) is 0.374. The lowest BCUT2D eigenvalue weighted by Gasteiger charge is -2.36. The summed E-state index contributed by atoms with van der Waals surface area (Å²) in [7, 11) is -3.87. The molecule has 0 radical (unpaired) electrons. The number of sulfonamides is 1. The van der Waals surface area contributed by atoms with E-state index in [2.05, 4.69) is 5.32 Å². The third-order valence-electron chi connectivity index (χ3n) is 5.06. The molecule has 0 saturated carbocycles. The van der Waals surface area contributed by atoms with E-state index in [0.29, 0.717) is 18.8 Å². The van der Waals surface area contributed by atoms with Gasteiger partial charge in [0.1, 0.15) is 4.90 Å². The molecule has 1 heterocycles. The van der Waals surface area contributed by atoms with Crippen molar-refractivity contribution in [2.75, 3.05) is 31.5 Å². The Morgan fingerprint density at radius 2 is 1.61 bits per heavy atom. The van der Waals surface area contributed by atoms with E-state index in [1.54, 1.807) is 13.0 Å². The zero-order valence-corrected chi connectivity index (χ0v) is 18.8. The van der Waals surface area contributed by atoms with E-state index in [1.165, 1.54) is 40.7 Å². The van der Waals surface area contributed by atoms with Crippen molar-refractivity contribution < 1.29 is 18.1 Å². The van der Waals surface area contributed by atoms with Gasteiger partial charge in [0.05, 0.1) is 21.0 Å². The van der Waals surface area contributed by atoms with Gasteiger partial charge in [0.2, 0.25) is 15.9 Å². The number of benzene rings is 2. The second-order valence-electron chi connectivity index (χ2n) is 6.96. The molecule has 31 heavy (non-hydrogen) atoms. The van der Waals surface area contributed by atoms with Crippen LogP contribution < -0.4 is 5.32 Å². The second-order valence-corrected chi connectivity index (χ2v) is 9.65. The average Bonchev–Trinajstić information content (AvgIpc) is 2.73. The quantitative estimate of drug-likeness (QED) is 0.495. The Morgan fingerprint density at radius 3 is 2.13 bits per heavy atom. The highest BCUT2D eigenvalue weighted by Crippen LogP contribution is 2.32. The molecule has 2 aromatic carbocycles. The molecule has 0 aromatic heterocycles. The van der Waals surface area contributed by atoms with Crippen LogP contribution >= 0.6 is 23.2 Å². The van der Waals surface area contributed by atoms with Crippen molar-refractivity contribution >= 4 is 50.5 Å². The Hall–Kier alpha value is -2.24. The maximum Gasteiger partial charge on any atom is 0.269 e. The Kier molecular flexibility index (Phi) is 7.17. The highest BCUT2D eigenvalue weighted by Gasteiger charge is 2.34. The number of rotatable bonds is 6. The molecule has 0 aliphatic carbocycles. The van der Waals surface area contributed by atoms with Crippen LogP contribution in [0.15, 0.2) is 47.4 Å². The summed E-state index contributed by atoms with van der Waals surface area (Å²) in [4.78, 5) is 24.5. The minimum atomic E-state index is -3.87. The molecule has 166 valence electrons. The fourth-order valence-corrected chi connectivity index (χ4v) is 5.78. The molecule has 0 spiro atoms. The summed E-state index contributed by atoms with van der Waals surface area (Å²) in [6.07, 6.45) is 0. The summed E-state index contributed by atoms with van der Waals surface area (Å²) in [5, 5.41) is 13.6. The monoisotopic (exact) mass is 486 g/mol. The van der Waals surface area contributed by atoms with E-state index >= 15 is 0 Å². The molecule has 1 unspecified atom stereocenters. The van der Waals surface area contributed by atoms with Crippen LogP contribution in [0.3, 0.4) is 0 Å². The molecular formula is C19H20Cl2N4O5S. The normalized spacial score (nSPS) is 16.6. The van der Waals surface area contributed by atoms with Gasteiger partial charge in [-0.05, 0) is 31.2 Å². The number of amides is 1. The van der Waals surface area contributed by atoms with Gasteiger partial charge < -0.3 is 5.32 Å². The zero-order valence-electron chi connectivity index (χ0n) is 16.5. The molecule has 2 aromatic rings. The Morgan fingerprint density at radius 1 is 1.06 bits per heavy atom. The van der Waals surface area contributed by atoms with E-state index in [0.717, 1.165) is 0 Å². The van der Waals surface area contributed by atoms with Gasteiger partial charge in [0, 0.05) is 44.0 Å². The average molecular weight is 487 g/mol. The highest BCUT2D eigenvalue weighted by atomic mass is 35.5. The van der Waals surface area contributed by atoms with Crippen molar-refractivity contribution in [1.82, 2.24) is 9.21 Å². The number of anilines is 1. The first kappa shape index (κ1) is 23.4. The first-order chi connectivity index (χ1) is 14.6. The number of nitrogens with zero attached hydrogens (tertiary/aromatic N) is 3. The standard InChI is InChI=1S/C19H20Cl2N4O5S/c1-13(19(26)22-14-5-7-15(8-6-14)25(27)28)23-9-11-24(12-10-23)31(29,30)18-16(20)3-2-4-17(18)21/h2-8,13H,9-12H2,1H3,(H,22,26). The summed E-state index contributed by atoms with van der Waals surface area (Å²) in [6.45, 7) is 2.76. The van der Waals surface area contributed by atoms with Crippen molar-refractivity contribution in [3.63, 3.8) is 0 Å². The van der Waals surface area contributed by atoms with E-state index in [9.17, 15) is 23.3 Å². The van der Waals surface area contributed by atoms with Crippen molar-refractivity contribution in [1.29, 1.82) is 0 Å². The Balaban J connectivity index is 1.62. The minimum Gasteiger partial charge on any atom is -0.325 e. The third kappa shape index (κ3) is 5.16. The van der Waals surface area contributed by atoms with E-state index in [1.807, 2.05) is 4.90 Å². The van der Waals surface area contributed by atoms with E-state index in [4.69, 9.17) is 23.2 Å². The van der Waals surface area contributed by atoms with E-state index < -0.39 is 21.0 Å². The summed E-state index contributed by atoms with van der Waals surface area (Å²) in [5.74, 6) is -0.292. The molecular weight excluding hydrogens is 467 g/mol. The second kappa shape index (κ2) is 9.49. The third-order valence-corrected chi connectivity index (χ3v) is 7.92. The van der Waals surface area contributed by atoms with Crippen LogP contribution in [0.5, 0.6) is 0 Å². The van der Waals surface area contributed by atoms with Crippen LogP contribution in [0.1, 0.15) is 6.92 Å². The van der Waals surface area contributed by atoms with Gasteiger partial charge in [0.15, 0.2) is 0 Å². The number of halogens is 2. The number of carbonyl (C=O) groups is 1. The van der Waals surface area contributed by atoms with Gasteiger partial charge in [-0.15, -0.1) is 0 Å². The Labute approximate surface area is 189 Å². The lowest BCUT2D eigenvalue weighted by Crippen LogP contribution is -2.54. The molecule has 12 heteroatoms. The number of carbonyl (C=O) groups excluding carboxylic acids is 1. The van der Waals surface area contributed by atoms with Crippen LogP contribution in [0.2, 0.25) is 10.0 Å². The van der Waals surface area contributed by atoms with Gasteiger partial charge in [0.25, 0.3) is 5.69 Å². The molecule has 1 aliphatic rings. The topological polar surface area (TPSA) is 113 Å². The predicted octanol–water partition coefficient (Wildman–Crippen LogP) is 3.24. The predicted molar refractivity (Wildman–Crippen MR) is 118 cm³/mol. The summed E-state index contributed by atoms with van der Waals surface area (Å²) < 4.78 is 27.2. The molecule has 1 aliphatic heterocycles. The number of hydrogen-bond acceptors (Lipinski definition) is 6. The maximum absolute atomic E-state index is 13.0. The first-order valence-electron chi connectivity index (χ1n) is 9.35. The lowest BCUT2D eigenvalue weighted by molar-refractivity contribution is -0.384. The number of nitro benzene ring substituents is 1. The Bertz CT molecular complexity index is 1070. The van der Waals surface area contributed by atoms with Gasteiger partial charge in [-0.25, -0.2) is 8.42 Å². The zero-order chi connectivity index (χ0) is 22.8. The molecule has 3 rings (SSSR count). The number of piperazine rings is 1. The van der Waals surface area contributed by atoms with Crippen molar-refractivity contribution in [2.45, 2.75) is 17.9 Å². The van der Waals surface area contributed by atoms with Crippen molar-refractivity contribution in [3.8, 4) is 0 Å². The molecule has 1 N–H and O–H groups in total. The fourth-order valence-electron chi connectivity index (χ4n) is 3.27. The van der Waals surface area contributed by atoms with Gasteiger partial charge >= 0.3 is 0 Å². The van der Waals surface area contributed by atoms with E-state index in [-0.39, 0.29) is 39.6 Å². The number of non-ortho nitro benzene ring substituents is 1. The SMILES string of the molecule is CC(C(=O)Nc1ccc([N+](=O)[O-])cc1)N1CCN(S(=O)(=O)c2c(Cl)cccc2Cl)CC1. The van der Waals surface area contributed by atoms with Gasteiger partial charge in [-0.1, -0.05) is 29.3 Å². The molecule has 1 saturated heterocycles. The molecule has 1 amide bonds. The van der Waals surface area contributed by atoms with Crippen LogP contribution in [-0.2, 0) is 14.8 Å². The largest absolute Gasteiger partial charge is 0.325 e. The summed E-state index contributed by atoms with van der Waals surface area (Å²) >= 11 is 12.1. The van der Waals surface area contributed by atoms with Crippen molar-refractivity contribution in [2.24, 2.45) is 0 Å². The molecule has 1 atom stereocenters. The smallest absolute Gasteiger partial charge is 0.269 e. The number of nitrogens with one attached hydrogen (secondary N) is 1. The van der Waals surface area contributed by atoms with Gasteiger partial charge in [-0.2, -0.15) is 4.31 Å². The fraction of sp³-hybridized carbons (Fsp3) is 0.316. The maximum atomic E-state index is 13.0. The van der Waals surface area contributed by atoms with Gasteiger partial charge in [-0.3, -0.25) is 19.8 Å². The minimum absolute atomic E-state index is 0.0609.